The predicted octanol–water partition coefficient (Wildman–Crippen LogP) is 5.17. The molecule has 0 fully saturated rings. The summed E-state index contributed by atoms with van der Waals surface area (Å²) >= 11 is 0. The van der Waals surface area contributed by atoms with Crippen LogP contribution in [-0.2, 0) is 9.53 Å². The number of ether oxygens (including phenoxy) is 1. The molecule has 30 heavy (non-hydrogen) atoms. The minimum absolute atomic E-state index is 0. The van der Waals surface area contributed by atoms with Crippen LogP contribution in [0.5, 0.6) is 0 Å². The third-order valence-corrected chi connectivity index (χ3v) is 2.88. The number of halogens is 17. The third-order valence-electron chi connectivity index (χ3n) is 2.88. The van der Waals surface area contributed by atoms with E-state index in [1.165, 1.54) is 4.74 Å². The van der Waals surface area contributed by atoms with Gasteiger partial charge in [-0.25, -0.2) is 9.18 Å². The average Bonchev–Trinajstić information content (AvgIpc) is 2.41. The molecule has 0 aliphatic heterocycles. The fourth-order valence-electron chi connectivity index (χ4n) is 1.39. The normalized spacial score (nSPS) is 18.8. The first-order valence-corrected chi connectivity index (χ1v) is 5.80. The van der Waals surface area contributed by atoms with Crippen LogP contribution in [0.15, 0.2) is 0 Å². The van der Waals surface area contributed by atoms with Crippen LogP contribution in [0.3, 0.4) is 0 Å². The molecule has 2 unspecified atom stereocenters. The maximum Gasteiger partial charge on any atom is 0.460 e. The van der Waals surface area contributed by atoms with Crippen LogP contribution in [-0.4, -0.2) is 59.1 Å². The zero-order valence-electron chi connectivity index (χ0n) is 12.9. The number of aliphatic carboxylic acids is 1. The third kappa shape index (κ3) is 4.04. The van der Waals surface area contributed by atoms with Gasteiger partial charge in [0.25, 0.3) is 0 Å². The van der Waals surface area contributed by atoms with E-state index in [0.717, 1.165) is 0 Å². The number of hydrogen-bond acceptors (Lipinski definition) is 3. The average molecular weight is 497 g/mol. The molecular weight excluding hydrogens is 493 g/mol. The van der Waals surface area contributed by atoms with Gasteiger partial charge in [-0.05, 0) is 0 Å². The Morgan fingerprint density at radius 3 is 1.10 bits per heavy atom. The van der Waals surface area contributed by atoms with Gasteiger partial charge in [-0.1, -0.05) is 0 Å². The SMILES string of the molecule is N.O=C(O)C(F)(OC(F)(F)C(F)(C(F)(F)F)C(F)(F)C(F)(F)C(F)(F)F)C(F)(F)F. The quantitative estimate of drug-likeness (QED) is 0.497. The molecule has 0 aromatic heterocycles. The fraction of sp³-hybridized carbons (Fsp3) is 0.889. The second kappa shape index (κ2) is 7.41. The number of carbonyl (C=O) groups is 1. The van der Waals surface area contributed by atoms with E-state index in [-0.39, 0.29) is 6.15 Å². The van der Waals surface area contributed by atoms with Crippen LogP contribution in [0.2, 0.25) is 0 Å². The standard InChI is InChI=1S/C9HF17O3.H3N/c10-2(1(27)28,6(16,17)18)29-9(25,26)3(11,7(19,20)21)4(12,13)5(14,15)8(22,23)24;/h(H,27,28);1H3. The van der Waals surface area contributed by atoms with Gasteiger partial charge in [0, 0.05) is 0 Å². The molecule has 4 N–H and O–H groups in total. The van der Waals surface area contributed by atoms with Crippen molar-refractivity contribution in [1.29, 1.82) is 0 Å². The van der Waals surface area contributed by atoms with E-state index in [0.29, 0.717) is 0 Å². The highest BCUT2D eigenvalue weighted by Crippen LogP contribution is 2.63. The summed E-state index contributed by atoms with van der Waals surface area (Å²) in [7, 11) is 0. The molecule has 0 saturated carbocycles. The van der Waals surface area contributed by atoms with Crippen LogP contribution in [0, 0.1) is 0 Å². The number of hydrogen-bond donors (Lipinski definition) is 2. The van der Waals surface area contributed by atoms with Crippen molar-refractivity contribution in [3.05, 3.63) is 0 Å². The Hall–Kier alpha value is -1.80. The lowest BCUT2D eigenvalue weighted by atomic mass is 9.89. The van der Waals surface area contributed by atoms with E-state index in [1.54, 1.807) is 0 Å². The molecule has 0 amide bonds. The van der Waals surface area contributed by atoms with Gasteiger partial charge in [-0.15, -0.1) is 0 Å². The maximum absolute atomic E-state index is 13.6. The molecule has 0 aliphatic rings. The van der Waals surface area contributed by atoms with E-state index in [2.05, 4.69) is 0 Å². The summed E-state index contributed by atoms with van der Waals surface area (Å²) in [5.41, 5.74) is -8.73. The molecule has 2 atom stereocenters. The van der Waals surface area contributed by atoms with E-state index in [1.807, 2.05) is 0 Å². The van der Waals surface area contributed by atoms with Gasteiger partial charge in [-0.2, -0.15) is 70.2 Å². The first-order valence-electron chi connectivity index (χ1n) is 5.80. The van der Waals surface area contributed by atoms with Crippen molar-refractivity contribution in [2.45, 2.75) is 48.0 Å². The van der Waals surface area contributed by atoms with Crippen LogP contribution in [0.4, 0.5) is 74.6 Å². The molecule has 0 aromatic rings. The van der Waals surface area contributed by atoms with Crippen molar-refractivity contribution in [1.82, 2.24) is 6.15 Å². The number of carboxylic acids is 1. The van der Waals surface area contributed by atoms with Gasteiger partial charge in [0.2, 0.25) is 0 Å². The van der Waals surface area contributed by atoms with Crippen molar-refractivity contribution in [2.75, 3.05) is 0 Å². The van der Waals surface area contributed by atoms with E-state index in [9.17, 15) is 79.4 Å². The van der Waals surface area contributed by atoms with Gasteiger partial charge >= 0.3 is 54.0 Å². The van der Waals surface area contributed by atoms with Crippen LogP contribution < -0.4 is 6.15 Å². The number of alkyl halides is 17. The molecule has 0 aromatic carbocycles. The largest absolute Gasteiger partial charge is 0.477 e. The monoisotopic (exact) mass is 497 g/mol. The molecule has 4 nitrogen and oxygen atoms in total. The van der Waals surface area contributed by atoms with Crippen molar-refractivity contribution in [3.8, 4) is 0 Å². The second-order valence-electron chi connectivity index (χ2n) is 4.82. The summed E-state index contributed by atoms with van der Waals surface area (Å²) in [6.07, 6.45) is -32.0. The van der Waals surface area contributed by atoms with Crippen molar-refractivity contribution < 1.29 is 89.3 Å². The van der Waals surface area contributed by atoms with Crippen LogP contribution in [0.25, 0.3) is 0 Å². The lowest BCUT2D eigenvalue weighted by Crippen LogP contribution is -2.75. The minimum atomic E-state index is -8.73. The maximum atomic E-state index is 13.6. The van der Waals surface area contributed by atoms with Gasteiger partial charge in [0.05, 0.1) is 0 Å². The predicted molar refractivity (Wildman–Crippen MR) is 54.4 cm³/mol. The first-order chi connectivity index (χ1) is 12.2. The summed E-state index contributed by atoms with van der Waals surface area (Å²) < 4.78 is 216. The van der Waals surface area contributed by atoms with Gasteiger partial charge in [0.1, 0.15) is 0 Å². The molecule has 0 bridgehead atoms. The lowest BCUT2D eigenvalue weighted by Gasteiger charge is -2.43. The Morgan fingerprint density at radius 2 is 0.900 bits per heavy atom. The highest BCUT2D eigenvalue weighted by Gasteiger charge is 2.95. The molecular formula is C9H4F17NO3. The van der Waals surface area contributed by atoms with Crippen molar-refractivity contribution in [3.63, 3.8) is 0 Å². The van der Waals surface area contributed by atoms with Crippen LogP contribution >= 0.6 is 0 Å². The number of rotatable bonds is 6. The van der Waals surface area contributed by atoms with E-state index in [4.69, 9.17) is 5.11 Å². The summed E-state index contributed by atoms with van der Waals surface area (Å²) in [5, 5.41) is 7.82. The smallest absolute Gasteiger partial charge is 0.460 e. The second-order valence-corrected chi connectivity index (χ2v) is 4.82. The summed E-state index contributed by atoms with van der Waals surface area (Å²) in [5.74, 6) is -28.6. The number of carboxylic acid groups (broad SMARTS) is 1. The topological polar surface area (TPSA) is 81.5 Å². The summed E-state index contributed by atoms with van der Waals surface area (Å²) in [4.78, 5) is 10.1. The summed E-state index contributed by atoms with van der Waals surface area (Å²) in [6.45, 7) is 0. The molecule has 0 spiro atoms. The van der Waals surface area contributed by atoms with Gasteiger partial charge in [-0.3, -0.25) is 4.74 Å². The van der Waals surface area contributed by atoms with E-state index >= 15 is 0 Å². The zero-order valence-corrected chi connectivity index (χ0v) is 12.9. The Kier molecular flexibility index (Phi) is 7.51. The molecule has 182 valence electrons. The van der Waals surface area contributed by atoms with Gasteiger partial charge in [0.15, 0.2) is 0 Å². The zero-order chi connectivity index (χ0) is 24.3. The molecule has 21 heteroatoms. The highest BCUT2D eigenvalue weighted by molar-refractivity contribution is 5.76. The Labute approximate surface area is 151 Å². The van der Waals surface area contributed by atoms with Crippen molar-refractivity contribution in [2.24, 2.45) is 0 Å². The van der Waals surface area contributed by atoms with Gasteiger partial charge < -0.3 is 11.3 Å². The molecule has 0 radical (unpaired) electrons. The minimum Gasteiger partial charge on any atom is -0.477 e. The first kappa shape index (κ1) is 30.4. The Bertz CT molecular complexity index is 636. The molecule has 0 aliphatic carbocycles. The van der Waals surface area contributed by atoms with Crippen molar-refractivity contribution >= 4 is 5.97 Å². The fourth-order valence-corrected chi connectivity index (χ4v) is 1.39. The Morgan fingerprint density at radius 1 is 0.567 bits per heavy atom. The summed E-state index contributed by atoms with van der Waals surface area (Å²) in [6, 6.07) is 0. The molecule has 0 saturated heterocycles. The molecule has 0 rings (SSSR count). The highest BCUT2D eigenvalue weighted by atomic mass is 19.4. The molecule has 0 heterocycles. The Balaban J connectivity index is 0. The van der Waals surface area contributed by atoms with E-state index < -0.39 is 54.0 Å². The van der Waals surface area contributed by atoms with Crippen LogP contribution in [0.1, 0.15) is 0 Å². The lowest BCUT2D eigenvalue weighted by molar-refractivity contribution is -0.500.